The van der Waals surface area contributed by atoms with Gasteiger partial charge in [-0.25, -0.2) is 0 Å². The zero-order valence-corrected chi connectivity index (χ0v) is 51.1. The lowest BCUT2D eigenvalue weighted by atomic mass is 10.0. The summed E-state index contributed by atoms with van der Waals surface area (Å²) >= 11 is 0. The molecule has 446 valence electrons. The van der Waals surface area contributed by atoms with Crippen LogP contribution in [0.4, 0.5) is 0 Å². The molecule has 0 aliphatic heterocycles. The molecule has 0 spiro atoms. The molecule has 0 radical (unpaired) electrons. The second kappa shape index (κ2) is 65.8. The summed E-state index contributed by atoms with van der Waals surface area (Å²) in [5.74, 6) is -1.09. The van der Waals surface area contributed by atoms with Gasteiger partial charge in [-0.05, 0) is 103 Å². The first-order valence-electron chi connectivity index (χ1n) is 32.3. The normalized spacial score (nSPS) is 13.1. The van der Waals surface area contributed by atoms with E-state index in [1.54, 1.807) is 6.08 Å². The summed E-state index contributed by atoms with van der Waals surface area (Å²) in [4.78, 5) is 38.3. The van der Waals surface area contributed by atoms with Gasteiger partial charge >= 0.3 is 17.9 Å². The highest BCUT2D eigenvalue weighted by Gasteiger charge is 2.19. The van der Waals surface area contributed by atoms with Gasteiger partial charge in [0.15, 0.2) is 6.10 Å². The quantitative estimate of drug-likeness (QED) is 0.0261. The van der Waals surface area contributed by atoms with E-state index in [4.69, 9.17) is 14.2 Å². The lowest BCUT2D eigenvalue weighted by molar-refractivity contribution is -0.166. The van der Waals surface area contributed by atoms with Crippen LogP contribution in [-0.2, 0) is 28.6 Å². The molecule has 0 bridgehead atoms. The Balaban J connectivity index is 4.50. The van der Waals surface area contributed by atoms with Gasteiger partial charge < -0.3 is 14.2 Å². The predicted molar refractivity (Wildman–Crippen MR) is 343 cm³/mol. The van der Waals surface area contributed by atoms with Gasteiger partial charge in [-0.2, -0.15) is 0 Å². The van der Waals surface area contributed by atoms with Gasteiger partial charge in [0, 0.05) is 12.8 Å². The maximum Gasteiger partial charge on any atom is 0.309 e. The van der Waals surface area contributed by atoms with Crippen LogP contribution < -0.4 is 0 Å². The van der Waals surface area contributed by atoms with Crippen molar-refractivity contribution < 1.29 is 28.6 Å². The molecule has 0 aliphatic carbocycles. The van der Waals surface area contributed by atoms with Crippen molar-refractivity contribution in [3.8, 4) is 0 Å². The van der Waals surface area contributed by atoms with E-state index in [1.807, 2.05) is 6.08 Å². The van der Waals surface area contributed by atoms with Crippen molar-refractivity contribution in [2.75, 3.05) is 13.2 Å². The summed E-state index contributed by atoms with van der Waals surface area (Å²) < 4.78 is 16.8. The second-order valence-electron chi connectivity index (χ2n) is 20.9. The number of allylic oxidation sites excluding steroid dienone is 23. The summed E-state index contributed by atoms with van der Waals surface area (Å²) in [6.45, 7) is 6.31. The van der Waals surface area contributed by atoms with E-state index in [9.17, 15) is 14.4 Å². The zero-order valence-electron chi connectivity index (χ0n) is 51.1. The number of hydrogen-bond donors (Lipinski definition) is 0. The molecule has 0 heterocycles. The molecule has 0 rings (SSSR count). The molecule has 0 saturated carbocycles. The lowest BCUT2D eigenvalue weighted by Gasteiger charge is -2.18. The number of carbonyl (C=O) groups is 3. The van der Waals surface area contributed by atoms with Crippen molar-refractivity contribution >= 4 is 17.9 Å². The number of unbranched alkanes of at least 4 members (excludes halogenated alkanes) is 23. The molecule has 1 atom stereocenters. The minimum absolute atomic E-state index is 0.116. The highest BCUT2D eigenvalue weighted by atomic mass is 16.6. The molecule has 79 heavy (non-hydrogen) atoms. The molecule has 0 saturated heterocycles. The Morgan fingerprint density at radius 1 is 0.278 bits per heavy atom. The van der Waals surface area contributed by atoms with Crippen LogP contribution in [0.3, 0.4) is 0 Å². The predicted octanol–water partition coefficient (Wildman–Crippen LogP) is 22.3. The Hall–Kier alpha value is -4.71. The number of ether oxygens (including phenoxy) is 3. The molecule has 0 N–H and O–H groups in total. The summed E-state index contributed by atoms with van der Waals surface area (Å²) in [5, 5.41) is 0. The van der Waals surface area contributed by atoms with Gasteiger partial charge in [0.2, 0.25) is 0 Å². The number of rotatable bonds is 57. The number of hydrogen-bond acceptors (Lipinski definition) is 6. The molecule has 6 heteroatoms. The van der Waals surface area contributed by atoms with Crippen LogP contribution in [0, 0.1) is 0 Å². The van der Waals surface area contributed by atoms with Crippen LogP contribution in [0.5, 0.6) is 0 Å². The van der Waals surface area contributed by atoms with Gasteiger partial charge in [-0.15, -0.1) is 0 Å². The Bertz CT molecular complexity index is 1730. The van der Waals surface area contributed by atoms with Crippen molar-refractivity contribution in [2.24, 2.45) is 0 Å². The Labute approximate surface area is 487 Å². The number of esters is 3. The van der Waals surface area contributed by atoms with E-state index in [1.165, 1.54) is 116 Å². The standard InChI is InChI=1S/C73H118O6/c1-4-7-10-13-16-19-22-25-28-30-32-34-35-36-37-39-40-42-45-48-51-54-57-60-63-66-72(75)78-69-70(68-77-71(74)65-62-59-56-53-50-47-44-27-24-21-18-15-12-9-6-3)79-73(76)67-64-61-58-55-52-49-46-43-41-38-33-31-29-26-23-20-17-14-11-8-5-2/h7,9-10,12,16,18-19,21,25,27-28,32,34,36-37,40,42,44,48,50-51,53,59,62,70H,4-6,8,11,13-15,17,20,22-24,26,29-31,33,35,38-39,41,43,45-47,49,52,54-58,60-61,63-69H2,1-3H3/b10-7-,12-9-,19-16-,21-18-,28-25-,34-32-,37-36-,42-40-,44-27-,51-48-,53-50-,62-59-. The topological polar surface area (TPSA) is 78.9 Å². The first-order chi connectivity index (χ1) is 39.0. The third kappa shape index (κ3) is 64.0. The molecule has 0 amide bonds. The fraction of sp³-hybridized carbons (Fsp3) is 0.630. The van der Waals surface area contributed by atoms with Gasteiger partial charge in [0.25, 0.3) is 0 Å². The van der Waals surface area contributed by atoms with Gasteiger partial charge in [0.05, 0.1) is 6.42 Å². The molecule has 0 fully saturated rings. The van der Waals surface area contributed by atoms with Gasteiger partial charge in [-0.1, -0.05) is 301 Å². The van der Waals surface area contributed by atoms with Crippen molar-refractivity contribution in [3.63, 3.8) is 0 Å². The minimum atomic E-state index is -0.838. The van der Waals surface area contributed by atoms with Crippen molar-refractivity contribution in [2.45, 2.75) is 284 Å². The van der Waals surface area contributed by atoms with Crippen LogP contribution >= 0.6 is 0 Å². The lowest BCUT2D eigenvalue weighted by Crippen LogP contribution is -2.30. The summed E-state index contributed by atoms with van der Waals surface area (Å²) in [6, 6.07) is 0. The maximum atomic E-state index is 12.9. The monoisotopic (exact) mass is 1090 g/mol. The molecule has 6 nitrogen and oxygen atoms in total. The van der Waals surface area contributed by atoms with Gasteiger partial charge in [0.1, 0.15) is 13.2 Å². The molecule has 0 aromatic rings. The van der Waals surface area contributed by atoms with E-state index in [2.05, 4.69) is 154 Å². The Morgan fingerprint density at radius 2 is 0.544 bits per heavy atom. The highest BCUT2D eigenvalue weighted by molar-refractivity contribution is 5.72. The largest absolute Gasteiger partial charge is 0.462 e. The van der Waals surface area contributed by atoms with Crippen LogP contribution in [0.15, 0.2) is 146 Å². The van der Waals surface area contributed by atoms with Crippen molar-refractivity contribution in [1.82, 2.24) is 0 Å². The first kappa shape index (κ1) is 74.3. The summed E-state index contributed by atoms with van der Waals surface area (Å²) in [6.07, 6.45) is 94.5. The van der Waals surface area contributed by atoms with Crippen molar-refractivity contribution in [1.29, 1.82) is 0 Å². The molecular formula is C73H118O6. The average molecular weight is 1090 g/mol. The van der Waals surface area contributed by atoms with E-state index in [0.717, 1.165) is 122 Å². The van der Waals surface area contributed by atoms with E-state index in [0.29, 0.717) is 12.8 Å². The third-order valence-electron chi connectivity index (χ3n) is 13.4. The SMILES string of the molecule is CC/C=C\C/C=C\C/C=C\C/C=C\C/C=C\C/C=C\C/C=C\CCCCCC(=O)OCC(COC(=O)C/C=C\C/C=C\C/C=C\C/C=C\C/C=C\CC)OC(=O)CCCCCCCCCCCCCCCCCCCCCCC. The molecule has 1 unspecified atom stereocenters. The molecule has 0 aromatic heterocycles. The second-order valence-corrected chi connectivity index (χ2v) is 20.9. The van der Waals surface area contributed by atoms with E-state index < -0.39 is 12.1 Å². The van der Waals surface area contributed by atoms with Crippen LogP contribution in [-0.4, -0.2) is 37.2 Å². The third-order valence-corrected chi connectivity index (χ3v) is 13.4. The van der Waals surface area contributed by atoms with Gasteiger partial charge in [-0.3, -0.25) is 14.4 Å². The summed E-state index contributed by atoms with van der Waals surface area (Å²) in [5.41, 5.74) is 0. The highest BCUT2D eigenvalue weighted by Crippen LogP contribution is 2.16. The first-order valence-corrected chi connectivity index (χ1v) is 32.3. The molecule has 0 aliphatic rings. The molecular weight excluding hydrogens is 973 g/mol. The fourth-order valence-corrected chi connectivity index (χ4v) is 8.61. The van der Waals surface area contributed by atoms with E-state index in [-0.39, 0.29) is 31.6 Å². The van der Waals surface area contributed by atoms with E-state index >= 15 is 0 Å². The van der Waals surface area contributed by atoms with Crippen LogP contribution in [0.1, 0.15) is 278 Å². The smallest absolute Gasteiger partial charge is 0.309 e. The minimum Gasteiger partial charge on any atom is -0.462 e. The van der Waals surface area contributed by atoms with Crippen LogP contribution in [0.2, 0.25) is 0 Å². The average Bonchev–Trinajstić information content (AvgIpc) is 3.45. The fourth-order valence-electron chi connectivity index (χ4n) is 8.61. The Morgan fingerprint density at radius 3 is 0.886 bits per heavy atom. The van der Waals surface area contributed by atoms with Crippen molar-refractivity contribution in [3.05, 3.63) is 146 Å². The summed E-state index contributed by atoms with van der Waals surface area (Å²) in [7, 11) is 0. The maximum absolute atomic E-state index is 12.9. The zero-order chi connectivity index (χ0) is 57.1. The molecule has 0 aromatic carbocycles. The Kier molecular flexibility index (Phi) is 61.9. The van der Waals surface area contributed by atoms with Crippen LogP contribution in [0.25, 0.3) is 0 Å². The number of carbonyl (C=O) groups excluding carboxylic acids is 3.